The Bertz CT molecular complexity index is 869. The van der Waals surface area contributed by atoms with Crippen molar-refractivity contribution in [2.75, 3.05) is 11.5 Å². The standard InChI is InChI=1S/C18H18N2O2S3/c1-14-7-9-16(10-8-14)25(21,22)20-17(15-5-3-2-4-6-15)18(13-19)23-11-12-24-18/h2-10,17,20H,11-12H2,1H3/t17-/m0/s1. The molecule has 0 spiro atoms. The maximum absolute atomic E-state index is 12.9. The summed E-state index contributed by atoms with van der Waals surface area (Å²) in [4.78, 5) is 0.208. The zero-order valence-electron chi connectivity index (χ0n) is 13.7. The molecule has 130 valence electrons. The molecule has 4 nitrogen and oxygen atoms in total. The van der Waals surface area contributed by atoms with Gasteiger partial charge in [-0.25, -0.2) is 13.1 Å². The zero-order valence-corrected chi connectivity index (χ0v) is 16.1. The summed E-state index contributed by atoms with van der Waals surface area (Å²) in [5.41, 5.74) is 1.79. The Morgan fingerprint density at radius 3 is 2.24 bits per heavy atom. The molecule has 0 aliphatic carbocycles. The van der Waals surface area contributed by atoms with Crippen LogP contribution in [0.2, 0.25) is 0 Å². The van der Waals surface area contributed by atoms with Crippen molar-refractivity contribution in [2.45, 2.75) is 21.9 Å². The first-order valence-electron chi connectivity index (χ1n) is 7.80. The molecule has 0 aromatic heterocycles. The first kappa shape index (κ1) is 18.3. The molecule has 7 heteroatoms. The van der Waals surface area contributed by atoms with E-state index in [0.717, 1.165) is 22.6 Å². The van der Waals surface area contributed by atoms with E-state index in [1.54, 1.807) is 24.3 Å². The average molecular weight is 391 g/mol. The van der Waals surface area contributed by atoms with E-state index in [1.165, 1.54) is 23.5 Å². The zero-order chi connectivity index (χ0) is 17.9. The second-order valence-corrected chi connectivity index (χ2v) is 10.4. The lowest BCUT2D eigenvalue weighted by Gasteiger charge is -2.30. The highest BCUT2D eigenvalue weighted by Crippen LogP contribution is 2.51. The lowest BCUT2D eigenvalue weighted by atomic mass is 10.0. The number of nitrogens with one attached hydrogen (secondary N) is 1. The van der Waals surface area contributed by atoms with Crippen molar-refractivity contribution in [3.63, 3.8) is 0 Å². The first-order valence-corrected chi connectivity index (χ1v) is 11.3. The molecule has 1 saturated heterocycles. The van der Waals surface area contributed by atoms with Gasteiger partial charge in [-0.2, -0.15) is 5.26 Å². The van der Waals surface area contributed by atoms with Crippen LogP contribution >= 0.6 is 23.5 Å². The molecule has 1 N–H and O–H groups in total. The Kier molecular flexibility index (Phi) is 5.44. The van der Waals surface area contributed by atoms with Crippen LogP contribution in [-0.4, -0.2) is 24.0 Å². The van der Waals surface area contributed by atoms with Crippen LogP contribution < -0.4 is 4.72 Å². The van der Waals surface area contributed by atoms with Gasteiger partial charge in [-0.15, -0.1) is 23.5 Å². The highest BCUT2D eigenvalue weighted by Gasteiger charge is 2.46. The van der Waals surface area contributed by atoms with E-state index >= 15 is 0 Å². The van der Waals surface area contributed by atoms with Crippen LogP contribution in [0.4, 0.5) is 0 Å². The van der Waals surface area contributed by atoms with E-state index in [4.69, 9.17) is 0 Å². The van der Waals surface area contributed by atoms with Crippen LogP contribution in [0.25, 0.3) is 0 Å². The lowest BCUT2D eigenvalue weighted by Crippen LogP contribution is -2.40. The van der Waals surface area contributed by atoms with Gasteiger partial charge in [0.05, 0.1) is 17.0 Å². The van der Waals surface area contributed by atoms with Crippen molar-refractivity contribution in [2.24, 2.45) is 0 Å². The van der Waals surface area contributed by atoms with Crippen molar-refractivity contribution in [3.8, 4) is 6.07 Å². The molecule has 0 bridgehead atoms. The predicted octanol–water partition coefficient (Wildman–Crippen LogP) is 3.71. The van der Waals surface area contributed by atoms with Crippen LogP contribution in [0.15, 0.2) is 59.5 Å². The molecule has 0 radical (unpaired) electrons. The average Bonchev–Trinajstić information content (AvgIpc) is 3.11. The Labute approximate surface area is 157 Å². The molecular formula is C18H18N2O2S3. The SMILES string of the molecule is Cc1ccc(S(=O)(=O)N[C@@H](c2ccccc2)C2(C#N)SCCS2)cc1. The van der Waals surface area contributed by atoms with Crippen LogP contribution in [0.5, 0.6) is 0 Å². The van der Waals surface area contributed by atoms with Crippen molar-refractivity contribution < 1.29 is 8.42 Å². The number of nitriles is 1. The fourth-order valence-corrected chi connectivity index (χ4v) is 7.04. The number of hydrogen-bond donors (Lipinski definition) is 1. The summed E-state index contributed by atoms with van der Waals surface area (Å²) in [7, 11) is -3.74. The smallest absolute Gasteiger partial charge is 0.207 e. The molecular weight excluding hydrogens is 372 g/mol. The van der Waals surface area contributed by atoms with Gasteiger partial charge in [-0.1, -0.05) is 48.0 Å². The van der Waals surface area contributed by atoms with Crippen molar-refractivity contribution >= 4 is 33.5 Å². The molecule has 2 aromatic rings. The molecule has 1 atom stereocenters. The van der Waals surface area contributed by atoms with Gasteiger partial charge < -0.3 is 0 Å². The van der Waals surface area contributed by atoms with E-state index in [0.29, 0.717) is 0 Å². The van der Waals surface area contributed by atoms with Crippen LogP contribution in [0.3, 0.4) is 0 Å². The summed E-state index contributed by atoms with van der Waals surface area (Å²) in [6.45, 7) is 1.91. The van der Waals surface area contributed by atoms with Crippen LogP contribution in [-0.2, 0) is 10.0 Å². The number of rotatable bonds is 5. The van der Waals surface area contributed by atoms with Gasteiger partial charge >= 0.3 is 0 Å². The number of benzene rings is 2. The molecule has 3 rings (SSSR count). The van der Waals surface area contributed by atoms with Gasteiger partial charge in [-0.05, 0) is 24.6 Å². The van der Waals surface area contributed by atoms with Crippen molar-refractivity contribution in [1.82, 2.24) is 4.72 Å². The molecule has 0 saturated carbocycles. The second kappa shape index (κ2) is 7.42. The molecule has 0 amide bonds. The number of thioether (sulfide) groups is 2. The minimum atomic E-state index is -3.74. The summed E-state index contributed by atoms with van der Waals surface area (Å²) in [6.07, 6.45) is 0. The highest BCUT2D eigenvalue weighted by atomic mass is 32.2. The maximum atomic E-state index is 12.9. The molecule has 0 unspecified atom stereocenters. The largest absolute Gasteiger partial charge is 0.241 e. The van der Waals surface area contributed by atoms with Gasteiger partial charge in [0, 0.05) is 11.5 Å². The minimum absolute atomic E-state index is 0.208. The number of hydrogen-bond acceptors (Lipinski definition) is 5. The molecule has 1 aliphatic rings. The monoisotopic (exact) mass is 390 g/mol. The number of nitrogens with zero attached hydrogens (tertiary/aromatic N) is 1. The van der Waals surface area contributed by atoms with Gasteiger partial charge in [0.15, 0.2) is 4.08 Å². The first-order chi connectivity index (χ1) is 12.0. The normalized spacial score (nSPS) is 17.8. The molecule has 1 aliphatic heterocycles. The third-order valence-corrected chi connectivity index (χ3v) is 8.72. The molecule has 1 fully saturated rings. The Morgan fingerprint density at radius 2 is 1.68 bits per heavy atom. The summed E-state index contributed by atoms with van der Waals surface area (Å²) in [6, 6.07) is 17.8. The van der Waals surface area contributed by atoms with Crippen LogP contribution in [0, 0.1) is 18.3 Å². The van der Waals surface area contributed by atoms with Crippen molar-refractivity contribution in [1.29, 1.82) is 5.26 Å². The quantitative estimate of drug-likeness (QED) is 0.843. The fourth-order valence-electron chi connectivity index (χ4n) is 2.68. The lowest BCUT2D eigenvalue weighted by molar-refractivity contribution is 0.556. The van der Waals surface area contributed by atoms with Gasteiger partial charge in [0.2, 0.25) is 10.0 Å². The fraction of sp³-hybridized carbons (Fsp3) is 0.278. The summed E-state index contributed by atoms with van der Waals surface area (Å²) in [5, 5.41) is 9.83. The summed E-state index contributed by atoms with van der Waals surface area (Å²) >= 11 is 3.01. The maximum Gasteiger partial charge on any atom is 0.241 e. The van der Waals surface area contributed by atoms with E-state index < -0.39 is 20.1 Å². The summed E-state index contributed by atoms with van der Waals surface area (Å²) < 4.78 is 27.7. The molecule has 25 heavy (non-hydrogen) atoms. The van der Waals surface area contributed by atoms with Crippen LogP contribution in [0.1, 0.15) is 17.2 Å². The topological polar surface area (TPSA) is 70.0 Å². The van der Waals surface area contributed by atoms with E-state index in [2.05, 4.69) is 10.8 Å². The van der Waals surface area contributed by atoms with Gasteiger partial charge in [0.1, 0.15) is 0 Å². The second-order valence-electron chi connectivity index (χ2n) is 5.75. The number of aryl methyl sites for hydroxylation is 1. The Morgan fingerprint density at radius 1 is 1.08 bits per heavy atom. The third kappa shape index (κ3) is 3.87. The van der Waals surface area contributed by atoms with Crippen molar-refractivity contribution in [3.05, 3.63) is 65.7 Å². The highest BCUT2D eigenvalue weighted by molar-refractivity contribution is 8.21. The molecule has 1 heterocycles. The Hall–Kier alpha value is -1.46. The number of sulfonamides is 1. The van der Waals surface area contributed by atoms with E-state index in [-0.39, 0.29) is 4.90 Å². The van der Waals surface area contributed by atoms with Gasteiger partial charge in [-0.3, -0.25) is 0 Å². The van der Waals surface area contributed by atoms with Gasteiger partial charge in [0.25, 0.3) is 0 Å². The van der Waals surface area contributed by atoms with E-state index in [9.17, 15) is 13.7 Å². The Balaban J connectivity index is 2.01. The minimum Gasteiger partial charge on any atom is -0.207 e. The van der Waals surface area contributed by atoms with E-state index in [1.807, 2.05) is 37.3 Å². The molecule has 2 aromatic carbocycles. The summed E-state index contributed by atoms with van der Waals surface area (Å²) in [5.74, 6) is 1.65. The third-order valence-electron chi connectivity index (χ3n) is 3.99. The predicted molar refractivity (Wildman–Crippen MR) is 104 cm³/mol.